The summed E-state index contributed by atoms with van der Waals surface area (Å²) in [5, 5.41) is 2.49. The molecule has 0 aliphatic rings. The first-order valence-electron chi connectivity index (χ1n) is 13.3. The molecular formula is C34H41N2. The van der Waals surface area contributed by atoms with Gasteiger partial charge in [0.15, 0.2) is 0 Å². The van der Waals surface area contributed by atoms with Crippen molar-refractivity contribution in [3.05, 3.63) is 126 Å². The highest BCUT2D eigenvalue weighted by molar-refractivity contribution is 5.83. The summed E-state index contributed by atoms with van der Waals surface area (Å²) in [7, 11) is 0. The van der Waals surface area contributed by atoms with E-state index in [0.717, 1.165) is 32.1 Å². The van der Waals surface area contributed by atoms with Gasteiger partial charge in [0.1, 0.15) is 0 Å². The van der Waals surface area contributed by atoms with E-state index in [9.17, 15) is 0 Å². The van der Waals surface area contributed by atoms with Crippen molar-refractivity contribution in [2.75, 3.05) is 0 Å². The average Bonchev–Trinajstić information content (AvgIpc) is 2.87. The molecule has 36 heavy (non-hydrogen) atoms. The quantitative estimate of drug-likeness (QED) is 0.231. The SMILES string of the molecule is CCCC[C](CC(C)(N)Cc1ccccc1)C(C)(N)C(c1ccccc1)c1ccc2ccccc2c1. The fourth-order valence-electron chi connectivity index (χ4n) is 5.67. The Morgan fingerprint density at radius 3 is 2.00 bits per heavy atom. The largest absolute Gasteiger partial charge is 0.325 e. The van der Waals surface area contributed by atoms with Crippen LogP contribution in [0.25, 0.3) is 10.8 Å². The van der Waals surface area contributed by atoms with Crippen LogP contribution in [-0.2, 0) is 6.42 Å². The maximum Gasteiger partial charge on any atom is 0.0300 e. The van der Waals surface area contributed by atoms with Crippen LogP contribution in [0, 0.1) is 5.92 Å². The van der Waals surface area contributed by atoms with Gasteiger partial charge >= 0.3 is 0 Å². The fraction of sp³-hybridized carbons (Fsp3) is 0.324. The Hall–Kier alpha value is -2.94. The molecule has 1 radical (unpaired) electrons. The Morgan fingerprint density at radius 1 is 0.722 bits per heavy atom. The van der Waals surface area contributed by atoms with E-state index >= 15 is 0 Å². The summed E-state index contributed by atoms with van der Waals surface area (Å²) >= 11 is 0. The highest BCUT2D eigenvalue weighted by atomic mass is 14.8. The molecule has 0 aromatic heterocycles. The number of nitrogens with two attached hydrogens (primary N) is 2. The lowest BCUT2D eigenvalue weighted by Crippen LogP contribution is -2.53. The summed E-state index contributed by atoms with van der Waals surface area (Å²) in [6.07, 6.45) is 4.85. The zero-order valence-corrected chi connectivity index (χ0v) is 22.1. The first-order valence-corrected chi connectivity index (χ1v) is 13.3. The second-order valence-corrected chi connectivity index (χ2v) is 10.9. The van der Waals surface area contributed by atoms with Gasteiger partial charge in [0.05, 0.1) is 0 Å². The van der Waals surface area contributed by atoms with Gasteiger partial charge in [0.2, 0.25) is 0 Å². The molecule has 4 aromatic carbocycles. The molecule has 187 valence electrons. The summed E-state index contributed by atoms with van der Waals surface area (Å²) in [5.41, 5.74) is 17.3. The lowest BCUT2D eigenvalue weighted by molar-refractivity contribution is 0.327. The minimum Gasteiger partial charge on any atom is -0.325 e. The molecule has 4 rings (SSSR count). The van der Waals surface area contributed by atoms with Gasteiger partial charge < -0.3 is 11.5 Å². The van der Waals surface area contributed by atoms with Gasteiger partial charge in [-0.1, -0.05) is 123 Å². The molecule has 4 N–H and O–H groups in total. The normalized spacial score (nSPS) is 15.9. The molecule has 4 aromatic rings. The number of unbranched alkanes of at least 4 members (excludes halogenated alkanes) is 1. The predicted octanol–water partition coefficient (Wildman–Crippen LogP) is 7.80. The Balaban J connectivity index is 1.73. The van der Waals surface area contributed by atoms with Crippen molar-refractivity contribution in [3.8, 4) is 0 Å². The standard InChI is InChI=1S/C34H41N2/c1-4-5-20-31(25-33(2,35)24-26-14-8-6-9-15-26)34(3,36)32(28-17-10-7-11-18-28)30-22-21-27-16-12-13-19-29(27)23-30/h6-19,21-23,32H,4-5,20,24-25,35-36H2,1-3H3. The van der Waals surface area contributed by atoms with Gasteiger partial charge in [-0.3, -0.25) is 0 Å². The molecule has 0 bridgehead atoms. The molecule has 2 nitrogen and oxygen atoms in total. The van der Waals surface area contributed by atoms with E-state index in [4.69, 9.17) is 11.5 Å². The molecule has 2 heteroatoms. The molecule has 0 aliphatic carbocycles. The van der Waals surface area contributed by atoms with Crippen molar-refractivity contribution in [2.24, 2.45) is 11.5 Å². The van der Waals surface area contributed by atoms with Crippen LogP contribution in [0.4, 0.5) is 0 Å². The summed E-state index contributed by atoms with van der Waals surface area (Å²) in [4.78, 5) is 0. The summed E-state index contributed by atoms with van der Waals surface area (Å²) in [6, 6.07) is 36.7. The summed E-state index contributed by atoms with van der Waals surface area (Å²) in [5.74, 6) is 1.38. The summed E-state index contributed by atoms with van der Waals surface area (Å²) < 4.78 is 0. The monoisotopic (exact) mass is 477 g/mol. The highest BCUT2D eigenvalue weighted by Crippen LogP contribution is 2.44. The Morgan fingerprint density at radius 2 is 1.33 bits per heavy atom. The number of hydrogen-bond acceptors (Lipinski definition) is 2. The van der Waals surface area contributed by atoms with Crippen LogP contribution < -0.4 is 11.5 Å². The Kier molecular flexibility index (Phi) is 8.28. The van der Waals surface area contributed by atoms with Crippen LogP contribution in [0.1, 0.15) is 69.1 Å². The molecule has 0 amide bonds. The maximum absolute atomic E-state index is 7.46. The van der Waals surface area contributed by atoms with Gasteiger partial charge in [-0.2, -0.15) is 0 Å². The van der Waals surface area contributed by atoms with Crippen molar-refractivity contribution in [1.29, 1.82) is 0 Å². The molecule has 3 unspecified atom stereocenters. The maximum atomic E-state index is 7.46. The van der Waals surface area contributed by atoms with Gasteiger partial charge in [0.25, 0.3) is 0 Å². The number of benzene rings is 4. The third-order valence-electron chi connectivity index (χ3n) is 7.50. The first kappa shape index (κ1) is 26.1. The first-order chi connectivity index (χ1) is 17.3. The van der Waals surface area contributed by atoms with Gasteiger partial charge in [-0.25, -0.2) is 0 Å². The fourth-order valence-corrected chi connectivity index (χ4v) is 5.67. The van der Waals surface area contributed by atoms with Crippen LogP contribution in [0.15, 0.2) is 103 Å². The van der Waals surface area contributed by atoms with Gasteiger partial charge in [-0.05, 0) is 66.5 Å². The molecule has 0 saturated heterocycles. The van der Waals surface area contributed by atoms with E-state index in [1.807, 2.05) is 0 Å². The van der Waals surface area contributed by atoms with Crippen molar-refractivity contribution in [2.45, 2.75) is 69.9 Å². The lowest BCUT2D eigenvalue weighted by Gasteiger charge is -2.44. The molecule has 0 aliphatic heterocycles. The molecule has 0 spiro atoms. The zero-order valence-electron chi connectivity index (χ0n) is 22.1. The topological polar surface area (TPSA) is 52.0 Å². The van der Waals surface area contributed by atoms with Crippen LogP contribution in [0.2, 0.25) is 0 Å². The lowest BCUT2D eigenvalue weighted by atomic mass is 9.65. The van der Waals surface area contributed by atoms with E-state index in [0.29, 0.717) is 0 Å². The molecule has 0 saturated carbocycles. The minimum atomic E-state index is -0.559. The van der Waals surface area contributed by atoms with Crippen LogP contribution in [-0.4, -0.2) is 11.1 Å². The van der Waals surface area contributed by atoms with E-state index in [2.05, 4.69) is 124 Å². The molecule has 0 fully saturated rings. The molecule has 0 heterocycles. The number of hydrogen-bond donors (Lipinski definition) is 2. The van der Waals surface area contributed by atoms with E-state index < -0.39 is 5.54 Å². The van der Waals surface area contributed by atoms with Crippen LogP contribution in [0.5, 0.6) is 0 Å². The zero-order chi connectivity index (χ0) is 25.6. The third-order valence-corrected chi connectivity index (χ3v) is 7.50. The van der Waals surface area contributed by atoms with Crippen molar-refractivity contribution in [1.82, 2.24) is 0 Å². The second-order valence-electron chi connectivity index (χ2n) is 10.9. The van der Waals surface area contributed by atoms with E-state index in [1.165, 1.54) is 33.4 Å². The predicted molar refractivity (Wildman–Crippen MR) is 155 cm³/mol. The number of fused-ring (bicyclic) bond motifs is 1. The van der Waals surface area contributed by atoms with Gasteiger partial charge in [-0.15, -0.1) is 0 Å². The Labute approximate surface area is 217 Å². The minimum absolute atomic E-state index is 0.0303. The van der Waals surface area contributed by atoms with Crippen molar-refractivity contribution < 1.29 is 0 Å². The van der Waals surface area contributed by atoms with Gasteiger partial charge in [0, 0.05) is 17.0 Å². The van der Waals surface area contributed by atoms with Crippen molar-refractivity contribution >= 4 is 10.8 Å². The van der Waals surface area contributed by atoms with E-state index in [1.54, 1.807) is 0 Å². The van der Waals surface area contributed by atoms with E-state index in [-0.39, 0.29) is 11.5 Å². The van der Waals surface area contributed by atoms with Crippen LogP contribution >= 0.6 is 0 Å². The summed E-state index contributed by atoms with van der Waals surface area (Å²) in [6.45, 7) is 6.65. The van der Waals surface area contributed by atoms with Crippen molar-refractivity contribution in [3.63, 3.8) is 0 Å². The van der Waals surface area contributed by atoms with Crippen LogP contribution in [0.3, 0.4) is 0 Å². The smallest absolute Gasteiger partial charge is 0.0300 e. The Bertz CT molecular complexity index is 1230. The molecular weight excluding hydrogens is 436 g/mol. The highest BCUT2D eigenvalue weighted by Gasteiger charge is 2.42. The third kappa shape index (κ3) is 6.24. The molecule has 3 atom stereocenters. The second kappa shape index (κ2) is 11.4. The average molecular weight is 478 g/mol. The number of rotatable bonds is 11.